The Kier molecular flexibility index (Phi) is 5.82. The van der Waals surface area contributed by atoms with Crippen LogP contribution >= 0.6 is 11.6 Å². The molecule has 0 aliphatic carbocycles. The molecule has 1 aromatic heterocycles. The van der Waals surface area contributed by atoms with Gasteiger partial charge in [0.25, 0.3) is 5.91 Å². The van der Waals surface area contributed by atoms with Crippen LogP contribution in [0.1, 0.15) is 41.4 Å². The van der Waals surface area contributed by atoms with Gasteiger partial charge in [0.05, 0.1) is 23.1 Å². The summed E-state index contributed by atoms with van der Waals surface area (Å²) in [6.45, 7) is 9.34. The van der Waals surface area contributed by atoms with Crippen LogP contribution in [-0.2, 0) is 0 Å². The molecule has 0 spiro atoms. The van der Waals surface area contributed by atoms with E-state index in [2.05, 4.69) is 55.0 Å². The summed E-state index contributed by atoms with van der Waals surface area (Å²) in [5.74, 6) is 0.204. The maximum atomic E-state index is 13.4. The Hall–Kier alpha value is -2.79. The van der Waals surface area contributed by atoms with Crippen molar-refractivity contribution in [3.8, 4) is 5.69 Å². The van der Waals surface area contributed by atoms with Crippen molar-refractivity contribution < 1.29 is 4.79 Å². The Morgan fingerprint density at radius 2 is 1.70 bits per heavy atom. The average molecular weight is 423 g/mol. The molecule has 0 saturated carbocycles. The van der Waals surface area contributed by atoms with Gasteiger partial charge in [0.1, 0.15) is 0 Å². The van der Waals surface area contributed by atoms with Crippen LogP contribution in [-0.4, -0.2) is 46.8 Å². The molecule has 156 valence electrons. The molecule has 0 radical (unpaired) electrons. The van der Waals surface area contributed by atoms with Crippen molar-refractivity contribution in [2.45, 2.75) is 26.7 Å². The Balaban J connectivity index is 1.54. The fourth-order valence-electron chi connectivity index (χ4n) is 4.05. The first-order chi connectivity index (χ1) is 14.4. The lowest BCUT2D eigenvalue weighted by Gasteiger charge is -2.36. The van der Waals surface area contributed by atoms with Gasteiger partial charge in [0.15, 0.2) is 0 Å². The number of halogens is 1. The van der Waals surface area contributed by atoms with Gasteiger partial charge in [0.2, 0.25) is 0 Å². The lowest BCUT2D eigenvalue weighted by atomic mass is 10.0. The third-order valence-electron chi connectivity index (χ3n) is 5.57. The number of carbonyl (C=O) groups excluding carboxylic acids is 1. The molecule has 2 aromatic carbocycles. The summed E-state index contributed by atoms with van der Waals surface area (Å²) in [7, 11) is 0. The Morgan fingerprint density at radius 3 is 2.37 bits per heavy atom. The normalized spacial score (nSPS) is 14.4. The number of piperazine rings is 1. The minimum absolute atomic E-state index is 0.0517. The minimum atomic E-state index is 0.0517. The van der Waals surface area contributed by atoms with Gasteiger partial charge in [-0.3, -0.25) is 4.79 Å². The van der Waals surface area contributed by atoms with Crippen LogP contribution in [0.3, 0.4) is 0 Å². The summed E-state index contributed by atoms with van der Waals surface area (Å²) in [5, 5.41) is 5.19. The van der Waals surface area contributed by atoms with Crippen molar-refractivity contribution in [3.05, 3.63) is 76.6 Å². The zero-order valence-corrected chi connectivity index (χ0v) is 18.4. The van der Waals surface area contributed by atoms with Gasteiger partial charge < -0.3 is 9.80 Å². The molecule has 30 heavy (non-hydrogen) atoms. The maximum absolute atomic E-state index is 13.4. The van der Waals surface area contributed by atoms with E-state index in [1.54, 1.807) is 6.20 Å². The molecule has 2 heterocycles. The second-order valence-electron chi connectivity index (χ2n) is 8.11. The summed E-state index contributed by atoms with van der Waals surface area (Å²) in [6.07, 6.45) is 1.70. The van der Waals surface area contributed by atoms with Crippen LogP contribution in [0, 0.1) is 6.92 Å². The highest BCUT2D eigenvalue weighted by Gasteiger charge is 2.27. The van der Waals surface area contributed by atoms with Gasteiger partial charge in [-0.25, -0.2) is 4.68 Å². The predicted molar refractivity (Wildman–Crippen MR) is 122 cm³/mol. The van der Waals surface area contributed by atoms with Crippen molar-refractivity contribution in [2.75, 3.05) is 31.1 Å². The molecule has 1 aliphatic rings. The molecule has 6 heteroatoms. The van der Waals surface area contributed by atoms with Crippen LogP contribution in [0.5, 0.6) is 0 Å². The van der Waals surface area contributed by atoms with E-state index >= 15 is 0 Å². The molecule has 5 nitrogen and oxygen atoms in total. The number of aromatic nitrogens is 2. The molecule has 1 amide bonds. The van der Waals surface area contributed by atoms with E-state index in [1.165, 1.54) is 11.3 Å². The molecule has 4 rings (SSSR count). The highest BCUT2D eigenvalue weighted by atomic mass is 35.5. The third-order valence-corrected chi connectivity index (χ3v) is 5.81. The van der Waals surface area contributed by atoms with E-state index in [0.29, 0.717) is 23.7 Å². The molecular weight excluding hydrogens is 396 g/mol. The zero-order valence-electron chi connectivity index (χ0n) is 17.7. The fraction of sp³-hybridized carbons (Fsp3) is 0.333. The van der Waals surface area contributed by atoms with E-state index < -0.39 is 0 Å². The van der Waals surface area contributed by atoms with Gasteiger partial charge in [-0.2, -0.15) is 5.10 Å². The largest absolute Gasteiger partial charge is 0.368 e. The van der Waals surface area contributed by atoms with Crippen LogP contribution in [0.4, 0.5) is 5.69 Å². The second kappa shape index (κ2) is 8.52. The molecule has 1 aliphatic heterocycles. The zero-order chi connectivity index (χ0) is 21.3. The van der Waals surface area contributed by atoms with Gasteiger partial charge >= 0.3 is 0 Å². The molecule has 1 fully saturated rings. The summed E-state index contributed by atoms with van der Waals surface area (Å²) < 4.78 is 1.84. The van der Waals surface area contributed by atoms with Crippen molar-refractivity contribution >= 4 is 23.2 Å². The lowest BCUT2D eigenvalue weighted by molar-refractivity contribution is 0.0745. The van der Waals surface area contributed by atoms with Crippen LogP contribution < -0.4 is 4.90 Å². The number of benzene rings is 2. The highest BCUT2D eigenvalue weighted by Crippen LogP contribution is 2.26. The SMILES string of the molecule is Cc1cccc(N2CCN(C(=O)c3cnn(-c4cccc(Cl)c4)c3C(C)C)CC2)c1. The van der Waals surface area contributed by atoms with E-state index in [9.17, 15) is 4.79 Å². The van der Waals surface area contributed by atoms with Crippen molar-refractivity contribution in [1.29, 1.82) is 0 Å². The summed E-state index contributed by atoms with van der Waals surface area (Å²) in [4.78, 5) is 17.6. The molecule has 1 saturated heterocycles. The number of carbonyl (C=O) groups is 1. The molecular formula is C24H27ClN4O. The molecule has 0 atom stereocenters. The number of rotatable bonds is 4. The van der Waals surface area contributed by atoms with Crippen molar-refractivity contribution in [1.82, 2.24) is 14.7 Å². The summed E-state index contributed by atoms with van der Waals surface area (Å²) in [5.41, 5.74) is 4.94. The molecule has 0 bridgehead atoms. The number of amides is 1. The number of hydrogen-bond acceptors (Lipinski definition) is 3. The number of anilines is 1. The number of aryl methyl sites for hydroxylation is 1. The topological polar surface area (TPSA) is 41.4 Å². The number of hydrogen-bond donors (Lipinski definition) is 0. The predicted octanol–water partition coefficient (Wildman–Crippen LogP) is 4.92. The minimum Gasteiger partial charge on any atom is -0.368 e. The summed E-state index contributed by atoms with van der Waals surface area (Å²) in [6, 6.07) is 16.1. The van der Waals surface area contributed by atoms with Gasteiger partial charge in [-0.1, -0.05) is 43.6 Å². The average Bonchev–Trinajstić information content (AvgIpc) is 3.19. The molecule has 0 N–H and O–H groups in total. The monoisotopic (exact) mass is 422 g/mol. The Labute approximate surface area is 182 Å². The van der Waals surface area contributed by atoms with E-state index in [4.69, 9.17) is 11.6 Å². The van der Waals surface area contributed by atoms with Crippen LogP contribution in [0.25, 0.3) is 5.69 Å². The second-order valence-corrected chi connectivity index (χ2v) is 8.54. The first kappa shape index (κ1) is 20.5. The van der Waals surface area contributed by atoms with Gasteiger partial charge in [0, 0.05) is 36.9 Å². The van der Waals surface area contributed by atoms with Crippen LogP contribution in [0.2, 0.25) is 5.02 Å². The Morgan fingerprint density at radius 1 is 1.00 bits per heavy atom. The smallest absolute Gasteiger partial charge is 0.257 e. The summed E-state index contributed by atoms with van der Waals surface area (Å²) >= 11 is 6.17. The first-order valence-corrected chi connectivity index (χ1v) is 10.8. The van der Waals surface area contributed by atoms with Gasteiger partial charge in [-0.15, -0.1) is 0 Å². The lowest BCUT2D eigenvalue weighted by Crippen LogP contribution is -2.49. The standard InChI is InChI=1S/C24H27ClN4O/c1-17(2)23-22(16-26-29(23)21-9-5-7-19(25)15-21)24(30)28-12-10-27(11-13-28)20-8-4-6-18(3)14-20/h4-9,14-17H,10-13H2,1-3H3. The van der Waals surface area contributed by atoms with Crippen molar-refractivity contribution in [2.24, 2.45) is 0 Å². The highest BCUT2D eigenvalue weighted by molar-refractivity contribution is 6.30. The van der Waals surface area contributed by atoms with Gasteiger partial charge in [-0.05, 0) is 48.7 Å². The van der Waals surface area contributed by atoms with Crippen LogP contribution in [0.15, 0.2) is 54.7 Å². The maximum Gasteiger partial charge on any atom is 0.257 e. The third kappa shape index (κ3) is 4.08. The number of nitrogens with zero attached hydrogens (tertiary/aromatic N) is 4. The fourth-order valence-corrected chi connectivity index (χ4v) is 4.24. The van der Waals surface area contributed by atoms with E-state index in [1.807, 2.05) is 33.8 Å². The first-order valence-electron chi connectivity index (χ1n) is 10.4. The van der Waals surface area contributed by atoms with Crippen molar-refractivity contribution in [3.63, 3.8) is 0 Å². The quantitative estimate of drug-likeness (QED) is 0.599. The Bertz CT molecular complexity index is 1050. The van der Waals surface area contributed by atoms with E-state index in [0.717, 1.165) is 24.5 Å². The van der Waals surface area contributed by atoms with E-state index in [-0.39, 0.29) is 11.8 Å². The molecule has 0 unspecified atom stereocenters. The molecule has 3 aromatic rings.